The zero-order chi connectivity index (χ0) is 16.1. The van der Waals surface area contributed by atoms with Crippen LogP contribution < -0.4 is 0 Å². The minimum Gasteiger partial charge on any atom is -0.389 e. The number of benzene rings is 1. The number of carbonyl (C=O) groups is 2. The first-order chi connectivity index (χ1) is 10.5. The first-order valence-electron chi connectivity index (χ1n) is 7.41. The molecule has 2 rings (SSSR count). The van der Waals surface area contributed by atoms with Gasteiger partial charge in [-0.05, 0) is 24.1 Å². The molecule has 120 valence electrons. The van der Waals surface area contributed by atoms with Crippen molar-refractivity contribution in [3.63, 3.8) is 0 Å². The zero-order valence-corrected chi connectivity index (χ0v) is 12.7. The molecule has 0 bridgehead atoms. The van der Waals surface area contributed by atoms with Crippen molar-refractivity contribution in [2.75, 3.05) is 26.2 Å². The van der Waals surface area contributed by atoms with E-state index in [0.717, 1.165) is 5.56 Å². The van der Waals surface area contributed by atoms with Gasteiger partial charge >= 0.3 is 0 Å². The van der Waals surface area contributed by atoms with Crippen LogP contribution in [0.3, 0.4) is 0 Å². The monoisotopic (exact) mass is 308 g/mol. The van der Waals surface area contributed by atoms with Crippen LogP contribution in [0.1, 0.15) is 18.9 Å². The molecule has 1 heterocycles. The van der Waals surface area contributed by atoms with Gasteiger partial charge in [-0.3, -0.25) is 9.59 Å². The van der Waals surface area contributed by atoms with Gasteiger partial charge in [-0.2, -0.15) is 0 Å². The first-order valence-corrected chi connectivity index (χ1v) is 7.41. The van der Waals surface area contributed by atoms with Crippen molar-refractivity contribution in [3.05, 3.63) is 35.6 Å². The number of hydrogen-bond acceptors (Lipinski definition) is 3. The highest BCUT2D eigenvalue weighted by Gasteiger charge is 2.25. The number of aliphatic hydroxyl groups excluding tert-OH is 1. The molecule has 1 N–H and O–H groups in total. The molecule has 1 atom stereocenters. The second-order valence-electron chi connectivity index (χ2n) is 5.59. The zero-order valence-electron chi connectivity index (χ0n) is 12.7. The average molecular weight is 308 g/mol. The third-order valence-electron chi connectivity index (χ3n) is 3.82. The van der Waals surface area contributed by atoms with Crippen molar-refractivity contribution < 1.29 is 19.1 Å². The van der Waals surface area contributed by atoms with Crippen molar-refractivity contribution in [1.82, 2.24) is 9.80 Å². The van der Waals surface area contributed by atoms with E-state index < -0.39 is 6.10 Å². The third kappa shape index (κ3) is 4.53. The largest absolute Gasteiger partial charge is 0.389 e. The Labute approximate surface area is 129 Å². The standard InChI is InChI=1S/C16H21FN2O3/c1-12(20)18-7-8-19(11-15(21)10-18)16(22)6-5-13-3-2-4-14(17)9-13/h2-4,9,15,21H,5-8,10-11H2,1H3/t15-/m1/s1. The quantitative estimate of drug-likeness (QED) is 0.899. The summed E-state index contributed by atoms with van der Waals surface area (Å²) in [6.07, 6.45) is -0.0138. The van der Waals surface area contributed by atoms with Crippen LogP contribution in [-0.4, -0.2) is 59.0 Å². The fourth-order valence-corrected chi connectivity index (χ4v) is 2.60. The Kier molecular flexibility index (Phi) is 5.49. The molecule has 0 aliphatic carbocycles. The molecule has 0 spiro atoms. The van der Waals surface area contributed by atoms with E-state index in [-0.39, 0.29) is 37.1 Å². The van der Waals surface area contributed by atoms with Gasteiger partial charge < -0.3 is 14.9 Å². The molecule has 5 nitrogen and oxygen atoms in total. The van der Waals surface area contributed by atoms with Crippen LogP contribution >= 0.6 is 0 Å². The minimum atomic E-state index is -0.732. The molecule has 0 unspecified atom stereocenters. The number of halogens is 1. The summed E-state index contributed by atoms with van der Waals surface area (Å²) in [5, 5.41) is 9.91. The predicted molar refractivity (Wildman–Crippen MR) is 79.6 cm³/mol. The Morgan fingerprint density at radius 2 is 1.95 bits per heavy atom. The Morgan fingerprint density at radius 1 is 1.27 bits per heavy atom. The molecule has 1 aromatic rings. The number of aliphatic hydroxyl groups is 1. The minimum absolute atomic E-state index is 0.0892. The van der Waals surface area contributed by atoms with Crippen molar-refractivity contribution >= 4 is 11.8 Å². The SMILES string of the molecule is CC(=O)N1CCN(C(=O)CCc2cccc(F)c2)C[C@H](O)C1. The molecule has 22 heavy (non-hydrogen) atoms. The lowest BCUT2D eigenvalue weighted by atomic mass is 10.1. The number of carbonyl (C=O) groups excluding carboxylic acids is 2. The Balaban J connectivity index is 1.90. The maximum Gasteiger partial charge on any atom is 0.223 e. The Morgan fingerprint density at radius 3 is 2.64 bits per heavy atom. The van der Waals surface area contributed by atoms with Gasteiger partial charge in [-0.25, -0.2) is 4.39 Å². The summed E-state index contributed by atoms with van der Waals surface area (Å²) < 4.78 is 13.1. The van der Waals surface area contributed by atoms with E-state index in [0.29, 0.717) is 19.5 Å². The molecule has 1 aliphatic rings. The number of rotatable bonds is 3. The summed E-state index contributed by atoms with van der Waals surface area (Å²) in [5.41, 5.74) is 0.772. The molecule has 1 saturated heterocycles. The van der Waals surface area contributed by atoms with Crippen molar-refractivity contribution in [3.8, 4) is 0 Å². The van der Waals surface area contributed by atoms with Crippen LogP contribution in [0, 0.1) is 5.82 Å². The Bertz CT molecular complexity index is 550. The van der Waals surface area contributed by atoms with Gasteiger partial charge in [0.1, 0.15) is 5.82 Å². The number of β-amino-alcohol motifs (C(OH)–C–C–N with tert-alkyl or cyclic N) is 1. The lowest BCUT2D eigenvalue weighted by molar-refractivity contribution is -0.132. The molecule has 0 radical (unpaired) electrons. The smallest absolute Gasteiger partial charge is 0.223 e. The van der Waals surface area contributed by atoms with Crippen molar-refractivity contribution in [2.24, 2.45) is 0 Å². The van der Waals surface area contributed by atoms with Crippen LogP contribution in [0.4, 0.5) is 4.39 Å². The fourth-order valence-electron chi connectivity index (χ4n) is 2.60. The van der Waals surface area contributed by atoms with E-state index in [1.807, 2.05) is 0 Å². The van der Waals surface area contributed by atoms with Gasteiger partial charge in [-0.1, -0.05) is 12.1 Å². The normalized spacial score (nSPS) is 19.0. The number of nitrogens with zero attached hydrogens (tertiary/aromatic N) is 2. The van der Waals surface area contributed by atoms with Gasteiger partial charge in [0, 0.05) is 39.5 Å². The highest BCUT2D eigenvalue weighted by atomic mass is 19.1. The van der Waals surface area contributed by atoms with Crippen LogP contribution in [0.5, 0.6) is 0 Å². The second-order valence-corrected chi connectivity index (χ2v) is 5.59. The molecular weight excluding hydrogens is 287 g/mol. The predicted octanol–water partition coefficient (Wildman–Crippen LogP) is 0.810. The van der Waals surface area contributed by atoms with Gasteiger partial charge in [0.2, 0.25) is 11.8 Å². The van der Waals surface area contributed by atoms with Crippen molar-refractivity contribution in [2.45, 2.75) is 25.9 Å². The maximum atomic E-state index is 13.1. The molecule has 1 aromatic carbocycles. The van der Waals surface area contributed by atoms with E-state index >= 15 is 0 Å². The summed E-state index contributed by atoms with van der Waals surface area (Å²) >= 11 is 0. The first kappa shape index (κ1) is 16.4. The summed E-state index contributed by atoms with van der Waals surface area (Å²) in [7, 11) is 0. The lowest BCUT2D eigenvalue weighted by Crippen LogP contribution is -2.37. The number of aryl methyl sites for hydroxylation is 1. The van der Waals surface area contributed by atoms with Gasteiger partial charge in [-0.15, -0.1) is 0 Å². The highest BCUT2D eigenvalue weighted by molar-refractivity contribution is 5.77. The van der Waals surface area contributed by atoms with Crippen LogP contribution in [0.25, 0.3) is 0 Å². The fraction of sp³-hybridized carbons (Fsp3) is 0.500. The van der Waals surface area contributed by atoms with E-state index in [1.165, 1.54) is 19.1 Å². The van der Waals surface area contributed by atoms with Gasteiger partial charge in [0.25, 0.3) is 0 Å². The summed E-state index contributed by atoms with van der Waals surface area (Å²) in [5.74, 6) is -0.505. The molecular formula is C16H21FN2O3. The molecule has 0 saturated carbocycles. The summed E-state index contributed by atoms with van der Waals surface area (Å²) in [4.78, 5) is 26.8. The van der Waals surface area contributed by atoms with Crippen LogP contribution in [0.15, 0.2) is 24.3 Å². The van der Waals surface area contributed by atoms with Gasteiger partial charge in [0.15, 0.2) is 0 Å². The second kappa shape index (κ2) is 7.35. The third-order valence-corrected chi connectivity index (χ3v) is 3.82. The average Bonchev–Trinajstić information content (AvgIpc) is 2.67. The molecule has 0 aromatic heterocycles. The Hall–Kier alpha value is -1.95. The number of hydrogen-bond donors (Lipinski definition) is 1. The van der Waals surface area contributed by atoms with E-state index in [2.05, 4.69) is 0 Å². The van der Waals surface area contributed by atoms with Crippen LogP contribution in [0.2, 0.25) is 0 Å². The van der Waals surface area contributed by atoms with Gasteiger partial charge in [0.05, 0.1) is 6.10 Å². The van der Waals surface area contributed by atoms with Crippen LogP contribution in [-0.2, 0) is 16.0 Å². The molecule has 2 amide bonds. The van der Waals surface area contributed by atoms with Crippen molar-refractivity contribution in [1.29, 1.82) is 0 Å². The lowest BCUT2D eigenvalue weighted by Gasteiger charge is -2.21. The molecule has 1 aliphatic heterocycles. The number of amides is 2. The molecule has 1 fully saturated rings. The van der Waals surface area contributed by atoms with E-state index in [9.17, 15) is 19.1 Å². The molecule has 6 heteroatoms. The summed E-state index contributed by atoms with van der Waals surface area (Å²) in [6, 6.07) is 6.19. The topological polar surface area (TPSA) is 60.9 Å². The van der Waals surface area contributed by atoms with E-state index in [4.69, 9.17) is 0 Å². The van der Waals surface area contributed by atoms with E-state index in [1.54, 1.807) is 21.9 Å². The summed E-state index contributed by atoms with van der Waals surface area (Å²) in [6.45, 7) is 2.78. The maximum absolute atomic E-state index is 13.1. The highest BCUT2D eigenvalue weighted by Crippen LogP contribution is 2.10.